The fourth-order valence-corrected chi connectivity index (χ4v) is 3.20. The number of halogens is 1. The maximum atomic E-state index is 11.5. The molecular weight excluding hydrogens is 318 g/mol. The van der Waals surface area contributed by atoms with Gasteiger partial charge in [0.25, 0.3) is 0 Å². The molecule has 0 unspecified atom stereocenters. The van der Waals surface area contributed by atoms with Crippen molar-refractivity contribution in [3.8, 4) is 0 Å². The molecule has 0 radical (unpaired) electrons. The topological polar surface area (TPSA) is 71.0 Å². The van der Waals surface area contributed by atoms with Crippen LogP contribution in [0.3, 0.4) is 0 Å². The number of aromatic nitrogens is 3. The van der Waals surface area contributed by atoms with Gasteiger partial charge in [-0.25, -0.2) is 9.78 Å². The van der Waals surface area contributed by atoms with Crippen LogP contribution in [-0.2, 0) is 5.75 Å². The summed E-state index contributed by atoms with van der Waals surface area (Å²) < 4.78 is 0.775. The third-order valence-corrected chi connectivity index (χ3v) is 4.69. The van der Waals surface area contributed by atoms with Gasteiger partial charge in [-0.1, -0.05) is 40.8 Å². The van der Waals surface area contributed by atoms with Crippen LogP contribution in [0.5, 0.6) is 0 Å². The van der Waals surface area contributed by atoms with Crippen molar-refractivity contribution in [3.63, 3.8) is 0 Å². The molecule has 0 spiro atoms. The quantitative estimate of drug-likeness (QED) is 0.530. The first-order chi connectivity index (χ1) is 9.60. The Morgan fingerprint density at radius 1 is 1.50 bits per heavy atom. The van der Waals surface area contributed by atoms with E-state index in [2.05, 4.69) is 20.5 Å². The first-order valence-electron chi connectivity index (χ1n) is 5.63. The van der Waals surface area contributed by atoms with Crippen molar-refractivity contribution >= 4 is 45.9 Å². The molecule has 0 aliphatic rings. The lowest BCUT2D eigenvalue weighted by molar-refractivity contribution is 0.249. The fraction of sp³-hybridized carbons (Fsp3) is 0.273. The molecule has 0 bridgehead atoms. The highest BCUT2D eigenvalue weighted by atomic mass is 35.5. The molecule has 106 valence electrons. The van der Waals surface area contributed by atoms with E-state index in [4.69, 9.17) is 11.6 Å². The molecule has 0 fully saturated rings. The molecule has 0 aliphatic carbocycles. The van der Waals surface area contributed by atoms with E-state index >= 15 is 0 Å². The summed E-state index contributed by atoms with van der Waals surface area (Å²) in [6.45, 7) is 0. The molecule has 9 heteroatoms. The van der Waals surface area contributed by atoms with E-state index in [1.165, 1.54) is 28.0 Å². The van der Waals surface area contributed by atoms with Gasteiger partial charge in [-0.3, -0.25) is 4.90 Å². The molecule has 2 aromatic heterocycles. The smallest absolute Gasteiger partial charge is 0.323 e. The van der Waals surface area contributed by atoms with Crippen LogP contribution in [-0.4, -0.2) is 35.3 Å². The van der Waals surface area contributed by atoms with Crippen LogP contribution in [0.4, 0.5) is 9.93 Å². The lowest BCUT2D eigenvalue weighted by Gasteiger charge is -2.10. The lowest BCUT2D eigenvalue weighted by atomic mass is 10.4. The highest BCUT2D eigenvalue weighted by molar-refractivity contribution is 8.00. The number of anilines is 1. The van der Waals surface area contributed by atoms with Crippen molar-refractivity contribution in [1.29, 1.82) is 0 Å². The number of thioether (sulfide) groups is 1. The highest BCUT2D eigenvalue weighted by Crippen LogP contribution is 2.29. The zero-order chi connectivity index (χ0) is 14.5. The molecule has 6 nitrogen and oxygen atoms in total. The van der Waals surface area contributed by atoms with Crippen molar-refractivity contribution in [1.82, 2.24) is 20.5 Å². The molecule has 2 amide bonds. The predicted octanol–water partition coefficient (Wildman–Crippen LogP) is 2.65. The minimum Gasteiger partial charge on any atom is -0.341 e. The molecule has 0 aromatic carbocycles. The number of amides is 2. The zero-order valence-corrected chi connectivity index (χ0v) is 13.2. The second kappa shape index (κ2) is 6.87. The molecule has 1 N–H and O–H groups in total. The molecule has 0 saturated carbocycles. The Labute approximate surface area is 129 Å². The van der Waals surface area contributed by atoms with Crippen LogP contribution >= 0.6 is 34.7 Å². The van der Waals surface area contributed by atoms with Gasteiger partial charge in [0.2, 0.25) is 5.13 Å². The minimum atomic E-state index is -0.228. The second-order valence-corrected chi connectivity index (χ2v) is 6.27. The summed E-state index contributed by atoms with van der Waals surface area (Å²) >= 11 is 8.68. The SMILES string of the molecule is CNC(=O)N(C)c1nnc(SCc2cccc(Cl)n2)s1. The molecule has 2 aromatic rings. The maximum absolute atomic E-state index is 11.5. The van der Waals surface area contributed by atoms with E-state index < -0.39 is 0 Å². The van der Waals surface area contributed by atoms with E-state index in [0.717, 1.165) is 10.0 Å². The summed E-state index contributed by atoms with van der Waals surface area (Å²) in [5, 5.41) is 11.6. The number of urea groups is 1. The number of hydrogen-bond donors (Lipinski definition) is 1. The number of nitrogens with one attached hydrogen (secondary N) is 1. The Hall–Kier alpha value is -1.38. The van der Waals surface area contributed by atoms with Gasteiger partial charge in [-0.2, -0.15) is 0 Å². The van der Waals surface area contributed by atoms with Gasteiger partial charge in [-0.05, 0) is 12.1 Å². The van der Waals surface area contributed by atoms with Gasteiger partial charge >= 0.3 is 6.03 Å². The average Bonchev–Trinajstić information content (AvgIpc) is 2.92. The number of carbonyl (C=O) groups excluding carboxylic acids is 1. The summed E-state index contributed by atoms with van der Waals surface area (Å²) in [4.78, 5) is 17.1. The van der Waals surface area contributed by atoms with Crippen molar-refractivity contribution in [2.75, 3.05) is 19.0 Å². The number of rotatable bonds is 4. The van der Waals surface area contributed by atoms with Crippen molar-refractivity contribution < 1.29 is 4.79 Å². The monoisotopic (exact) mass is 329 g/mol. The lowest BCUT2D eigenvalue weighted by Crippen LogP contribution is -2.34. The van der Waals surface area contributed by atoms with Crippen LogP contribution in [0.15, 0.2) is 22.5 Å². The normalized spacial score (nSPS) is 10.3. The Morgan fingerprint density at radius 2 is 2.30 bits per heavy atom. The highest BCUT2D eigenvalue weighted by Gasteiger charge is 2.14. The zero-order valence-electron chi connectivity index (χ0n) is 10.8. The van der Waals surface area contributed by atoms with Gasteiger partial charge in [0.05, 0.1) is 5.69 Å². The third kappa shape index (κ3) is 3.81. The standard InChI is InChI=1S/C11H12ClN5OS2/c1-13-9(18)17(2)10-15-16-11(20-10)19-6-7-4-3-5-8(12)14-7/h3-5H,6H2,1-2H3,(H,13,18). The second-order valence-electron chi connectivity index (χ2n) is 3.71. The summed E-state index contributed by atoms with van der Waals surface area (Å²) in [6, 6.07) is 5.26. The van der Waals surface area contributed by atoms with Crippen LogP contribution in [0, 0.1) is 0 Å². The number of nitrogens with zero attached hydrogens (tertiary/aromatic N) is 4. The first kappa shape index (κ1) is 15.0. The van der Waals surface area contributed by atoms with Crippen molar-refractivity contribution in [2.24, 2.45) is 0 Å². The van der Waals surface area contributed by atoms with Gasteiger partial charge < -0.3 is 5.32 Å². The Kier molecular flexibility index (Phi) is 5.16. The summed E-state index contributed by atoms with van der Waals surface area (Å²) in [5.74, 6) is 0.652. The molecule has 2 rings (SSSR count). The van der Waals surface area contributed by atoms with Crippen LogP contribution < -0.4 is 10.2 Å². The Balaban J connectivity index is 1.98. The van der Waals surface area contributed by atoms with Gasteiger partial charge in [0, 0.05) is 19.8 Å². The van der Waals surface area contributed by atoms with Crippen molar-refractivity contribution in [3.05, 3.63) is 29.0 Å². The number of pyridine rings is 1. The summed E-state index contributed by atoms with van der Waals surface area (Å²) in [7, 11) is 3.21. The van der Waals surface area contributed by atoms with E-state index in [0.29, 0.717) is 16.0 Å². The molecule has 20 heavy (non-hydrogen) atoms. The predicted molar refractivity (Wildman–Crippen MR) is 81.6 cm³/mol. The molecule has 0 saturated heterocycles. The van der Waals surface area contributed by atoms with E-state index in [1.54, 1.807) is 20.2 Å². The molecule has 0 aliphatic heterocycles. The van der Waals surface area contributed by atoms with Crippen LogP contribution in [0.25, 0.3) is 0 Å². The maximum Gasteiger partial charge on any atom is 0.323 e. The van der Waals surface area contributed by atoms with E-state index in [-0.39, 0.29) is 6.03 Å². The molecule has 0 atom stereocenters. The molecule has 2 heterocycles. The van der Waals surface area contributed by atoms with Crippen LogP contribution in [0.1, 0.15) is 5.69 Å². The minimum absolute atomic E-state index is 0.228. The number of carbonyl (C=O) groups is 1. The number of hydrogen-bond acceptors (Lipinski definition) is 6. The molecular formula is C11H12ClN5OS2. The first-order valence-corrected chi connectivity index (χ1v) is 7.81. The van der Waals surface area contributed by atoms with Gasteiger partial charge in [0.1, 0.15) is 5.15 Å². The average molecular weight is 330 g/mol. The fourth-order valence-electron chi connectivity index (χ4n) is 1.32. The summed E-state index contributed by atoms with van der Waals surface area (Å²) in [5.41, 5.74) is 0.874. The van der Waals surface area contributed by atoms with Crippen molar-refractivity contribution in [2.45, 2.75) is 10.1 Å². The third-order valence-electron chi connectivity index (χ3n) is 2.32. The summed E-state index contributed by atoms with van der Waals surface area (Å²) in [6.07, 6.45) is 0. The largest absolute Gasteiger partial charge is 0.341 e. The van der Waals surface area contributed by atoms with Crippen LogP contribution in [0.2, 0.25) is 5.15 Å². The van der Waals surface area contributed by atoms with E-state index in [9.17, 15) is 4.79 Å². The Morgan fingerprint density at radius 3 is 3.00 bits per heavy atom. The Bertz CT molecular complexity index is 606. The van der Waals surface area contributed by atoms with Gasteiger partial charge in [0.15, 0.2) is 4.34 Å². The van der Waals surface area contributed by atoms with E-state index in [1.807, 2.05) is 12.1 Å². The van der Waals surface area contributed by atoms with Gasteiger partial charge in [-0.15, -0.1) is 10.2 Å².